The minimum Gasteiger partial charge on any atom is -0.350 e. The van der Waals surface area contributed by atoms with Crippen molar-refractivity contribution in [1.82, 2.24) is 20.2 Å². The van der Waals surface area contributed by atoms with Crippen molar-refractivity contribution in [2.45, 2.75) is 6.54 Å². The molecule has 0 saturated carbocycles. The van der Waals surface area contributed by atoms with E-state index in [4.69, 9.17) is 0 Å². The molecule has 0 radical (unpaired) electrons. The van der Waals surface area contributed by atoms with Gasteiger partial charge in [0.25, 0.3) is 0 Å². The van der Waals surface area contributed by atoms with Gasteiger partial charge < -0.3 is 5.32 Å². The number of halogens is 1. The second kappa shape index (κ2) is 5.48. The third-order valence-corrected chi connectivity index (χ3v) is 2.84. The van der Waals surface area contributed by atoms with Crippen LogP contribution in [0, 0.1) is 5.82 Å². The van der Waals surface area contributed by atoms with Gasteiger partial charge in [0, 0.05) is 12.7 Å². The van der Waals surface area contributed by atoms with E-state index in [1.54, 1.807) is 6.20 Å². The van der Waals surface area contributed by atoms with Crippen molar-refractivity contribution < 1.29 is 4.39 Å². The molecule has 0 aliphatic heterocycles. The maximum Gasteiger partial charge on any atom is 0.223 e. The van der Waals surface area contributed by atoms with Gasteiger partial charge in [-0.05, 0) is 17.2 Å². The van der Waals surface area contributed by atoms with Crippen LogP contribution in [-0.2, 0) is 6.54 Å². The number of aromatic amines is 1. The van der Waals surface area contributed by atoms with E-state index in [1.165, 1.54) is 0 Å². The Morgan fingerprint density at radius 1 is 1.05 bits per heavy atom. The first-order chi connectivity index (χ1) is 9.81. The van der Waals surface area contributed by atoms with Crippen LogP contribution in [0.15, 0.2) is 48.9 Å². The molecule has 0 saturated heterocycles. The van der Waals surface area contributed by atoms with E-state index in [1.807, 2.05) is 30.3 Å². The molecular formula is C14H12FN5. The first-order valence-electron chi connectivity index (χ1n) is 6.11. The smallest absolute Gasteiger partial charge is 0.223 e. The van der Waals surface area contributed by atoms with E-state index >= 15 is 0 Å². The molecule has 20 heavy (non-hydrogen) atoms. The van der Waals surface area contributed by atoms with Crippen molar-refractivity contribution in [2.24, 2.45) is 0 Å². The highest BCUT2D eigenvalue weighted by molar-refractivity contribution is 5.58. The van der Waals surface area contributed by atoms with E-state index < -0.39 is 5.82 Å². The second-order valence-corrected chi connectivity index (χ2v) is 4.25. The van der Waals surface area contributed by atoms with E-state index in [9.17, 15) is 4.39 Å². The molecule has 0 spiro atoms. The Kier molecular flexibility index (Phi) is 3.36. The number of anilines is 1. The number of benzene rings is 1. The van der Waals surface area contributed by atoms with Crippen LogP contribution >= 0.6 is 0 Å². The highest BCUT2D eigenvalue weighted by Crippen LogP contribution is 2.16. The zero-order valence-electron chi connectivity index (χ0n) is 10.5. The molecule has 0 aliphatic carbocycles. The molecule has 0 unspecified atom stereocenters. The van der Waals surface area contributed by atoms with Crippen LogP contribution in [0.2, 0.25) is 0 Å². The average Bonchev–Trinajstić information content (AvgIpc) is 3.01. The van der Waals surface area contributed by atoms with Gasteiger partial charge in [0.1, 0.15) is 0 Å². The Labute approximate surface area is 114 Å². The molecule has 0 fully saturated rings. The molecule has 2 aromatic heterocycles. The number of rotatable bonds is 4. The zero-order valence-corrected chi connectivity index (χ0v) is 10.5. The summed E-state index contributed by atoms with van der Waals surface area (Å²) in [5.74, 6) is -0.0384. The summed E-state index contributed by atoms with van der Waals surface area (Å²) < 4.78 is 12.7. The zero-order chi connectivity index (χ0) is 13.8. The fourth-order valence-electron chi connectivity index (χ4n) is 1.80. The normalized spacial score (nSPS) is 10.4. The minimum absolute atomic E-state index is 0.407. The van der Waals surface area contributed by atoms with Crippen molar-refractivity contribution in [1.29, 1.82) is 0 Å². The van der Waals surface area contributed by atoms with Crippen LogP contribution in [0.5, 0.6) is 0 Å². The first-order valence-corrected chi connectivity index (χ1v) is 6.11. The molecule has 100 valence electrons. The fourth-order valence-corrected chi connectivity index (χ4v) is 1.80. The van der Waals surface area contributed by atoms with Crippen LogP contribution < -0.4 is 5.32 Å². The standard InChI is InChI=1S/C14H12FN5/c15-12-8-17-14(18-9-12)16-7-10-1-3-11(4-2-10)13-5-6-19-20-13/h1-6,8-9H,7H2,(H,19,20)(H,16,17,18). The molecular weight excluding hydrogens is 257 g/mol. The summed E-state index contributed by atoms with van der Waals surface area (Å²) in [5, 5.41) is 9.87. The average molecular weight is 269 g/mol. The van der Waals surface area contributed by atoms with Gasteiger partial charge in [0.15, 0.2) is 5.82 Å². The molecule has 0 amide bonds. The van der Waals surface area contributed by atoms with E-state index in [-0.39, 0.29) is 0 Å². The molecule has 3 rings (SSSR count). The first kappa shape index (κ1) is 12.3. The molecule has 2 N–H and O–H groups in total. The van der Waals surface area contributed by atoms with Gasteiger partial charge >= 0.3 is 0 Å². The maximum atomic E-state index is 12.7. The number of hydrogen-bond donors (Lipinski definition) is 2. The Balaban J connectivity index is 1.65. The molecule has 3 aromatic rings. The van der Waals surface area contributed by atoms with Gasteiger partial charge in [-0.1, -0.05) is 24.3 Å². The Bertz CT molecular complexity index is 662. The van der Waals surface area contributed by atoms with Crippen LogP contribution in [0.25, 0.3) is 11.3 Å². The lowest BCUT2D eigenvalue weighted by atomic mass is 10.1. The third kappa shape index (κ3) is 2.80. The summed E-state index contributed by atoms with van der Waals surface area (Å²) in [5.41, 5.74) is 3.14. The lowest BCUT2D eigenvalue weighted by Gasteiger charge is -2.05. The van der Waals surface area contributed by atoms with Gasteiger partial charge in [-0.2, -0.15) is 5.10 Å². The van der Waals surface area contributed by atoms with Crippen LogP contribution in [0.3, 0.4) is 0 Å². The maximum absolute atomic E-state index is 12.7. The van der Waals surface area contributed by atoms with Gasteiger partial charge in [-0.15, -0.1) is 0 Å². The molecule has 5 nitrogen and oxygen atoms in total. The van der Waals surface area contributed by atoms with Crippen LogP contribution in [0.4, 0.5) is 10.3 Å². The van der Waals surface area contributed by atoms with E-state index in [0.717, 1.165) is 29.2 Å². The number of H-pyrrole nitrogens is 1. The van der Waals surface area contributed by atoms with Crippen LogP contribution in [-0.4, -0.2) is 20.2 Å². The molecule has 0 atom stereocenters. The summed E-state index contributed by atoms with van der Waals surface area (Å²) in [6.07, 6.45) is 3.99. The molecule has 0 bridgehead atoms. The molecule has 1 aromatic carbocycles. The van der Waals surface area contributed by atoms with Crippen molar-refractivity contribution in [3.63, 3.8) is 0 Å². The molecule has 6 heteroatoms. The Morgan fingerprint density at radius 3 is 2.45 bits per heavy atom. The van der Waals surface area contributed by atoms with Crippen molar-refractivity contribution in [3.8, 4) is 11.3 Å². The summed E-state index contributed by atoms with van der Waals surface area (Å²) in [6.45, 7) is 0.578. The highest BCUT2D eigenvalue weighted by atomic mass is 19.1. The van der Waals surface area contributed by atoms with E-state index in [0.29, 0.717) is 12.5 Å². The molecule has 2 heterocycles. The van der Waals surface area contributed by atoms with E-state index in [2.05, 4.69) is 25.5 Å². The van der Waals surface area contributed by atoms with Crippen molar-refractivity contribution in [3.05, 3.63) is 60.3 Å². The SMILES string of the molecule is Fc1cnc(NCc2ccc(-c3ccn[nH]3)cc2)nc1. The monoisotopic (exact) mass is 269 g/mol. The summed E-state index contributed by atoms with van der Waals surface area (Å²) in [7, 11) is 0. The summed E-state index contributed by atoms with van der Waals surface area (Å²) in [6, 6.07) is 9.95. The van der Waals surface area contributed by atoms with Gasteiger partial charge in [0.2, 0.25) is 5.95 Å². The Morgan fingerprint density at radius 2 is 1.80 bits per heavy atom. The highest BCUT2D eigenvalue weighted by Gasteiger charge is 2.00. The van der Waals surface area contributed by atoms with Crippen molar-refractivity contribution >= 4 is 5.95 Å². The topological polar surface area (TPSA) is 66.5 Å². The fraction of sp³-hybridized carbons (Fsp3) is 0.0714. The Hall–Kier alpha value is -2.76. The quantitative estimate of drug-likeness (QED) is 0.764. The third-order valence-electron chi connectivity index (χ3n) is 2.84. The minimum atomic E-state index is -0.445. The summed E-state index contributed by atoms with van der Waals surface area (Å²) >= 11 is 0. The number of hydrogen-bond acceptors (Lipinski definition) is 4. The van der Waals surface area contributed by atoms with Crippen molar-refractivity contribution in [2.75, 3.05) is 5.32 Å². The largest absolute Gasteiger partial charge is 0.350 e. The summed E-state index contributed by atoms with van der Waals surface area (Å²) in [4.78, 5) is 7.68. The number of aromatic nitrogens is 4. The van der Waals surface area contributed by atoms with Gasteiger partial charge in [0.05, 0.1) is 18.1 Å². The lowest BCUT2D eigenvalue weighted by molar-refractivity contribution is 0.614. The second-order valence-electron chi connectivity index (χ2n) is 4.25. The van der Waals surface area contributed by atoms with Crippen LogP contribution in [0.1, 0.15) is 5.56 Å². The predicted molar refractivity (Wildman–Crippen MR) is 73.3 cm³/mol. The number of nitrogens with one attached hydrogen (secondary N) is 2. The predicted octanol–water partition coefficient (Wildman–Crippen LogP) is 2.62. The van der Waals surface area contributed by atoms with Gasteiger partial charge in [-0.25, -0.2) is 14.4 Å². The lowest BCUT2D eigenvalue weighted by Crippen LogP contribution is -2.03. The van der Waals surface area contributed by atoms with Gasteiger partial charge in [-0.3, -0.25) is 5.10 Å². The number of nitrogens with zero attached hydrogens (tertiary/aromatic N) is 3. The molecule has 0 aliphatic rings.